The number of thiol groups is 1. The molecular formula is C7H16OS3. The van der Waals surface area contributed by atoms with Gasteiger partial charge in [0.2, 0.25) is 0 Å². The lowest BCUT2D eigenvalue weighted by Gasteiger charge is -1.98. The van der Waals surface area contributed by atoms with Crippen LogP contribution in [0, 0.1) is 0 Å². The maximum absolute atomic E-state index is 8.47. The first-order valence-electron chi connectivity index (χ1n) is 3.79. The second kappa shape index (κ2) is 11.0. The van der Waals surface area contributed by atoms with Crippen LogP contribution in [0.25, 0.3) is 0 Å². The van der Waals surface area contributed by atoms with Gasteiger partial charge >= 0.3 is 0 Å². The molecule has 0 rings (SSSR count). The number of aliphatic hydroxyl groups is 1. The molecule has 4 heteroatoms. The van der Waals surface area contributed by atoms with E-state index in [1.807, 2.05) is 23.5 Å². The van der Waals surface area contributed by atoms with Gasteiger partial charge in [-0.25, -0.2) is 0 Å². The molecule has 1 nitrogen and oxygen atoms in total. The normalized spacial score (nSPS) is 10.4. The van der Waals surface area contributed by atoms with Gasteiger partial charge in [0.05, 0.1) is 6.61 Å². The predicted octanol–water partition coefficient (Wildman–Crippen LogP) is 1.77. The summed E-state index contributed by atoms with van der Waals surface area (Å²) in [6.07, 6.45) is 1.25. The molecule has 1 N–H and O–H groups in total. The van der Waals surface area contributed by atoms with Crippen LogP contribution in [0.15, 0.2) is 0 Å². The SMILES string of the molecule is OCCSCCCSCCS. The van der Waals surface area contributed by atoms with Crippen molar-refractivity contribution in [2.24, 2.45) is 0 Å². The lowest BCUT2D eigenvalue weighted by atomic mass is 10.6. The smallest absolute Gasteiger partial charge is 0.0521 e. The van der Waals surface area contributed by atoms with Gasteiger partial charge in [0, 0.05) is 11.5 Å². The Kier molecular flexibility index (Phi) is 12.0. The monoisotopic (exact) mass is 212 g/mol. The van der Waals surface area contributed by atoms with Crippen LogP contribution in [-0.4, -0.2) is 40.5 Å². The van der Waals surface area contributed by atoms with Crippen molar-refractivity contribution >= 4 is 36.2 Å². The van der Waals surface area contributed by atoms with E-state index in [1.165, 1.54) is 17.9 Å². The zero-order chi connectivity index (χ0) is 8.36. The van der Waals surface area contributed by atoms with Crippen molar-refractivity contribution in [1.82, 2.24) is 0 Å². The fourth-order valence-electron chi connectivity index (χ4n) is 0.596. The Bertz CT molecular complexity index is 62.7. The van der Waals surface area contributed by atoms with Gasteiger partial charge in [-0.1, -0.05) is 0 Å². The third kappa shape index (κ3) is 11.0. The Morgan fingerprint density at radius 1 is 1.00 bits per heavy atom. The maximum atomic E-state index is 8.47. The maximum Gasteiger partial charge on any atom is 0.0521 e. The van der Waals surface area contributed by atoms with Gasteiger partial charge in [-0.15, -0.1) is 0 Å². The van der Waals surface area contributed by atoms with Gasteiger partial charge in [-0.2, -0.15) is 36.2 Å². The number of hydrogen-bond donors (Lipinski definition) is 2. The number of thioether (sulfide) groups is 2. The summed E-state index contributed by atoms with van der Waals surface area (Å²) in [5, 5.41) is 8.47. The van der Waals surface area contributed by atoms with Crippen LogP contribution in [0.1, 0.15) is 6.42 Å². The molecule has 0 aliphatic heterocycles. The molecule has 0 amide bonds. The summed E-state index contributed by atoms with van der Waals surface area (Å²) in [5.41, 5.74) is 0. The highest BCUT2D eigenvalue weighted by Crippen LogP contribution is 2.07. The summed E-state index contributed by atoms with van der Waals surface area (Å²) in [6.45, 7) is 0.314. The average Bonchev–Trinajstić information content (AvgIpc) is 2.03. The van der Waals surface area contributed by atoms with Crippen LogP contribution in [0.2, 0.25) is 0 Å². The molecule has 0 aromatic carbocycles. The highest BCUT2D eigenvalue weighted by molar-refractivity contribution is 8.00. The molecule has 0 heterocycles. The molecule has 0 unspecified atom stereocenters. The van der Waals surface area contributed by atoms with Crippen molar-refractivity contribution in [3.63, 3.8) is 0 Å². The first-order valence-corrected chi connectivity index (χ1v) is 6.73. The van der Waals surface area contributed by atoms with E-state index >= 15 is 0 Å². The van der Waals surface area contributed by atoms with E-state index in [0.717, 1.165) is 17.3 Å². The summed E-state index contributed by atoms with van der Waals surface area (Å²) in [6, 6.07) is 0. The van der Waals surface area contributed by atoms with Crippen LogP contribution in [0.4, 0.5) is 0 Å². The standard InChI is InChI=1S/C7H16OS3/c8-2-6-10-4-1-5-11-7-3-9/h8-9H,1-7H2. The molecule has 11 heavy (non-hydrogen) atoms. The van der Waals surface area contributed by atoms with E-state index in [1.54, 1.807) is 0 Å². The molecule has 0 aromatic heterocycles. The van der Waals surface area contributed by atoms with Crippen LogP contribution >= 0.6 is 36.2 Å². The van der Waals surface area contributed by atoms with Gasteiger partial charge in [0.15, 0.2) is 0 Å². The van der Waals surface area contributed by atoms with E-state index < -0.39 is 0 Å². The molecule has 0 aromatic rings. The van der Waals surface area contributed by atoms with Crippen molar-refractivity contribution in [2.75, 3.05) is 35.4 Å². The van der Waals surface area contributed by atoms with E-state index in [2.05, 4.69) is 12.6 Å². The molecule has 0 saturated carbocycles. The highest BCUT2D eigenvalue weighted by atomic mass is 32.2. The van der Waals surface area contributed by atoms with Crippen molar-refractivity contribution in [1.29, 1.82) is 0 Å². The summed E-state index contributed by atoms with van der Waals surface area (Å²) in [4.78, 5) is 0. The Labute approximate surface area is 83.1 Å². The minimum Gasteiger partial charge on any atom is -0.396 e. The third-order valence-corrected chi connectivity index (χ3v) is 3.69. The lowest BCUT2D eigenvalue weighted by Crippen LogP contribution is -1.91. The minimum absolute atomic E-state index is 0.314. The fraction of sp³-hybridized carbons (Fsp3) is 1.00. The Morgan fingerprint density at radius 2 is 1.64 bits per heavy atom. The molecule has 0 saturated heterocycles. The second-order valence-electron chi connectivity index (χ2n) is 2.03. The zero-order valence-electron chi connectivity index (χ0n) is 6.66. The fourth-order valence-corrected chi connectivity index (χ4v) is 2.53. The number of hydrogen-bond acceptors (Lipinski definition) is 4. The first kappa shape index (κ1) is 12.0. The van der Waals surface area contributed by atoms with Gasteiger partial charge in [0.1, 0.15) is 0 Å². The van der Waals surface area contributed by atoms with Crippen molar-refractivity contribution in [3.05, 3.63) is 0 Å². The molecule has 0 fully saturated rings. The number of rotatable bonds is 8. The highest BCUT2D eigenvalue weighted by Gasteiger charge is 1.89. The molecule has 0 radical (unpaired) electrons. The second-order valence-corrected chi connectivity index (χ2v) is 4.92. The first-order chi connectivity index (χ1) is 5.41. The zero-order valence-corrected chi connectivity index (χ0v) is 9.19. The van der Waals surface area contributed by atoms with Crippen LogP contribution in [0.3, 0.4) is 0 Å². The predicted molar refractivity (Wildman–Crippen MR) is 60.2 cm³/mol. The van der Waals surface area contributed by atoms with Gasteiger partial charge in [-0.3, -0.25) is 0 Å². The average molecular weight is 212 g/mol. The molecule has 0 aliphatic rings. The summed E-state index contributed by atoms with van der Waals surface area (Å²) in [5.74, 6) is 5.44. The molecule has 0 aliphatic carbocycles. The minimum atomic E-state index is 0.314. The van der Waals surface area contributed by atoms with Crippen molar-refractivity contribution in [3.8, 4) is 0 Å². The Hall–Kier alpha value is 1.01. The van der Waals surface area contributed by atoms with Crippen molar-refractivity contribution < 1.29 is 5.11 Å². The van der Waals surface area contributed by atoms with E-state index in [4.69, 9.17) is 5.11 Å². The van der Waals surface area contributed by atoms with Gasteiger partial charge < -0.3 is 5.11 Å². The molecule has 0 spiro atoms. The third-order valence-electron chi connectivity index (χ3n) is 1.05. The van der Waals surface area contributed by atoms with E-state index in [-0.39, 0.29) is 0 Å². The quantitative estimate of drug-likeness (QED) is 0.473. The molecular weight excluding hydrogens is 196 g/mol. The van der Waals surface area contributed by atoms with Crippen LogP contribution < -0.4 is 0 Å². The molecule has 0 bridgehead atoms. The van der Waals surface area contributed by atoms with E-state index in [0.29, 0.717) is 6.61 Å². The lowest BCUT2D eigenvalue weighted by molar-refractivity contribution is 0.322. The molecule has 68 valence electrons. The van der Waals surface area contributed by atoms with Gasteiger partial charge in [-0.05, 0) is 23.7 Å². The largest absolute Gasteiger partial charge is 0.396 e. The Morgan fingerprint density at radius 3 is 2.18 bits per heavy atom. The Balaban J connectivity index is 2.69. The summed E-state index contributed by atoms with van der Waals surface area (Å²) >= 11 is 7.91. The topological polar surface area (TPSA) is 20.2 Å². The summed E-state index contributed by atoms with van der Waals surface area (Å²) < 4.78 is 0. The van der Waals surface area contributed by atoms with Crippen molar-refractivity contribution in [2.45, 2.75) is 6.42 Å². The van der Waals surface area contributed by atoms with Crippen LogP contribution in [-0.2, 0) is 0 Å². The summed E-state index contributed by atoms with van der Waals surface area (Å²) in [7, 11) is 0. The van der Waals surface area contributed by atoms with E-state index in [9.17, 15) is 0 Å². The van der Waals surface area contributed by atoms with Gasteiger partial charge in [0.25, 0.3) is 0 Å². The molecule has 0 atom stereocenters. The van der Waals surface area contributed by atoms with Crippen LogP contribution in [0.5, 0.6) is 0 Å². The number of aliphatic hydroxyl groups excluding tert-OH is 1.